The Labute approximate surface area is 101 Å². The van der Waals surface area contributed by atoms with Crippen LogP contribution < -0.4 is 0 Å². The summed E-state index contributed by atoms with van der Waals surface area (Å²) in [7, 11) is 1.57. The Morgan fingerprint density at radius 1 is 1.35 bits per heavy atom. The molecule has 0 aromatic rings. The number of carbonyl (C=O) groups is 2. The number of carboxylic acid groups (broad SMARTS) is 1. The molecular weight excluding hydrogens is 222 g/mol. The van der Waals surface area contributed by atoms with E-state index in [0.29, 0.717) is 19.5 Å². The Balaban J connectivity index is 2.02. The van der Waals surface area contributed by atoms with Crippen LogP contribution in [-0.4, -0.2) is 47.7 Å². The van der Waals surface area contributed by atoms with Crippen LogP contribution in [0.25, 0.3) is 0 Å². The summed E-state index contributed by atoms with van der Waals surface area (Å²) in [6.07, 6.45) is 3.96. The van der Waals surface area contributed by atoms with Gasteiger partial charge in [0.15, 0.2) is 0 Å². The van der Waals surface area contributed by atoms with Crippen molar-refractivity contribution in [3.05, 3.63) is 0 Å². The molecule has 1 aliphatic heterocycles. The highest BCUT2D eigenvalue weighted by Gasteiger charge is 2.47. The van der Waals surface area contributed by atoms with E-state index in [1.165, 1.54) is 0 Å². The van der Waals surface area contributed by atoms with E-state index in [-0.39, 0.29) is 5.91 Å². The minimum Gasteiger partial charge on any atom is -0.481 e. The van der Waals surface area contributed by atoms with Crippen molar-refractivity contribution >= 4 is 11.9 Å². The highest BCUT2D eigenvalue weighted by molar-refractivity contribution is 5.87. The number of methoxy groups -OCH3 is 1. The Morgan fingerprint density at radius 3 is 2.53 bits per heavy atom. The van der Waals surface area contributed by atoms with Gasteiger partial charge in [-0.2, -0.15) is 0 Å². The maximum atomic E-state index is 12.3. The molecule has 0 aromatic carbocycles. The summed E-state index contributed by atoms with van der Waals surface area (Å²) in [5.41, 5.74) is -0.652. The number of carbonyl (C=O) groups excluding carboxylic acids is 1. The normalized spacial score (nSPS) is 27.4. The molecule has 2 rings (SSSR count). The van der Waals surface area contributed by atoms with E-state index in [0.717, 1.165) is 25.7 Å². The molecule has 1 amide bonds. The highest BCUT2D eigenvalue weighted by Crippen LogP contribution is 2.37. The quantitative estimate of drug-likeness (QED) is 0.796. The van der Waals surface area contributed by atoms with Crippen LogP contribution in [0.5, 0.6) is 0 Å². The van der Waals surface area contributed by atoms with E-state index in [4.69, 9.17) is 9.84 Å². The van der Waals surface area contributed by atoms with Crippen molar-refractivity contribution in [2.45, 2.75) is 37.7 Å². The van der Waals surface area contributed by atoms with Gasteiger partial charge in [0.25, 0.3) is 5.91 Å². The smallest absolute Gasteiger partial charge is 0.308 e. The molecule has 17 heavy (non-hydrogen) atoms. The molecule has 1 atom stereocenters. The third-order valence-electron chi connectivity index (χ3n) is 4.00. The molecule has 1 heterocycles. The second-order valence-electron chi connectivity index (χ2n) is 4.98. The van der Waals surface area contributed by atoms with Crippen molar-refractivity contribution in [2.75, 3.05) is 20.2 Å². The van der Waals surface area contributed by atoms with Gasteiger partial charge < -0.3 is 14.7 Å². The lowest BCUT2D eigenvalue weighted by Gasteiger charge is -2.43. The number of aliphatic carboxylic acids is 1. The van der Waals surface area contributed by atoms with Gasteiger partial charge in [-0.15, -0.1) is 0 Å². The summed E-state index contributed by atoms with van der Waals surface area (Å²) in [6, 6.07) is 0. The van der Waals surface area contributed by atoms with E-state index in [1.807, 2.05) is 0 Å². The van der Waals surface area contributed by atoms with Crippen LogP contribution >= 0.6 is 0 Å². The Hall–Kier alpha value is -1.10. The number of rotatable bonds is 3. The number of carboxylic acids is 1. The number of ether oxygens (including phenoxy) is 1. The summed E-state index contributed by atoms with van der Waals surface area (Å²) in [5, 5.41) is 9.00. The number of likely N-dealkylation sites (tertiary alicyclic amines) is 1. The van der Waals surface area contributed by atoms with E-state index in [2.05, 4.69) is 0 Å². The average Bonchev–Trinajstić information content (AvgIpc) is 2.28. The van der Waals surface area contributed by atoms with Crippen LogP contribution in [0.15, 0.2) is 0 Å². The maximum absolute atomic E-state index is 12.3. The zero-order valence-electron chi connectivity index (χ0n) is 10.1. The molecule has 1 aliphatic carbocycles. The Bertz CT molecular complexity index is 319. The number of nitrogens with zero attached hydrogens (tertiary/aromatic N) is 1. The molecule has 2 fully saturated rings. The Morgan fingerprint density at radius 2 is 2.06 bits per heavy atom. The van der Waals surface area contributed by atoms with Gasteiger partial charge in [0.2, 0.25) is 0 Å². The second kappa shape index (κ2) is 4.64. The van der Waals surface area contributed by atoms with Crippen LogP contribution in [0.1, 0.15) is 32.1 Å². The van der Waals surface area contributed by atoms with Crippen molar-refractivity contribution in [1.82, 2.24) is 4.90 Å². The third kappa shape index (κ3) is 2.16. The minimum absolute atomic E-state index is 0.0165. The van der Waals surface area contributed by atoms with Gasteiger partial charge in [-0.05, 0) is 32.1 Å². The van der Waals surface area contributed by atoms with Crippen molar-refractivity contribution in [3.8, 4) is 0 Å². The van der Waals surface area contributed by atoms with Gasteiger partial charge >= 0.3 is 5.97 Å². The highest BCUT2D eigenvalue weighted by atomic mass is 16.5. The number of amides is 1. The number of hydrogen-bond acceptors (Lipinski definition) is 3. The molecular formula is C12H19NO4. The lowest BCUT2D eigenvalue weighted by atomic mass is 9.78. The first-order chi connectivity index (χ1) is 8.09. The maximum Gasteiger partial charge on any atom is 0.308 e. The van der Waals surface area contributed by atoms with Crippen molar-refractivity contribution in [1.29, 1.82) is 0 Å². The summed E-state index contributed by atoms with van der Waals surface area (Å²) in [4.78, 5) is 24.9. The van der Waals surface area contributed by atoms with E-state index in [9.17, 15) is 9.59 Å². The van der Waals surface area contributed by atoms with Gasteiger partial charge in [-0.1, -0.05) is 0 Å². The van der Waals surface area contributed by atoms with E-state index >= 15 is 0 Å². The second-order valence-corrected chi connectivity index (χ2v) is 4.98. The first-order valence-corrected chi connectivity index (χ1v) is 6.16. The van der Waals surface area contributed by atoms with Crippen LogP contribution in [0.3, 0.4) is 0 Å². The monoisotopic (exact) mass is 241 g/mol. The lowest BCUT2D eigenvalue weighted by Crippen LogP contribution is -2.57. The third-order valence-corrected chi connectivity index (χ3v) is 4.00. The summed E-state index contributed by atoms with van der Waals surface area (Å²) in [5.74, 6) is -1.23. The summed E-state index contributed by atoms with van der Waals surface area (Å²) < 4.78 is 5.35. The Kier molecular flexibility index (Phi) is 3.38. The van der Waals surface area contributed by atoms with Gasteiger partial charge in [-0.25, -0.2) is 0 Å². The summed E-state index contributed by atoms with van der Waals surface area (Å²) in [6.45, 7) is 0.993. The standard InChI is InChI=1S/C12H19NO4/c1-17-12(5-3-6-12)11(16)13-7-2-4-9(8-13)10(14)15/h9H,2-8H2,1H3,(H,14,15)/t9-/m0/s1. The van der Waals surface area contributed by atoms with Gasteiger partial charge in [0, 0.05) is 20.2 Å². The SMILES string of the molecule is COC1(C(=O)N2CCC[C@H](C(=O)O)C2)CCC1. The molecule has 0 unspecified atom stereocenters. The topological polar surface area (TPSA) is 66.8 Å². The van der Waals surface area contributed by atoms with Gasteiger partial charge in [0.05, 0.1) is 5.92 Å². The molecule has 5 nitrogen and oxygen atoms in total. The molecule has 96 valence electrons. The predicted molar refractivity (Wildman–Crippen MR) is 60.5 cm³/mol. The van der Waals surface area contributed by atoms with Gasteiger partial charge in [0.1, 0.15) is 5.60 Å². The van der Waals surface area contributed by atoms with Crippen LogP contribution in [0, 0.1) is 5.92 Å². The zero-order valence-corrected chi connectivity index (χ0v) is 10.1. The minimum atomic E-state index is -0.803. The molecule has 0 radical (unpaired) electrons. The fraction of sp³-hybridized carbons (Fsp3) is 0.833. The first-order valence-electron chi connectivity index (χ1n) is 6.16. The number of hydrogen-bond donors (Lipinski definition) is 1. The first kappa shape index (κ1) is 12.4. The predicted octanol–water partition coefficient (Wildman–Crippen LogP) is 0.879. The molecule has 0 bridgehead atoms. The lowest BCUT2D eigenvalue weighted by molar-refractivity contribution is -0.169. The van der Waals surface area contributed by atoms with E-state index < -0.39 is 17.5 Å². The van der Waals surface area contributed by atoms with Crippen LogP contribution in [0.4, 0.5) is 0 Å². The summed E-state index contributed by atoms with van der Waals surface area (Å²) >= 11 is 0. The van der Waals surface area contributed by atoms with Gasteiger partial charge in [-0.3, -0.25) is 9.59 Å². The number of piperidine rings is 1. The van der Waals surface area contributed by atoms with E-state index in [1.54, 1.807) is 12.0 Å². The molecule has 0 spiro atoms. The van der Waals surface area contributed by atoms with Crippen LogP contribution in [-0.2, 0) is 14.3 Å². The fourth-order valence-electron chi connectivity index (χ4n) is 2.65. The molecule has 1 saturated carbocycles. The van der Waals surface area contributed by atoms with Crippen molar-refractivity contribution < 1.29 is 19.4 Å². The van der Waals surface area contributed by atoms with Crippen molar-refractivity contribution in [3.63, 3.8) is 0 Å². The van der Waals surface area contributed by atoms with Crippen molar-refractivity contribution in [2.24, 2.45) is 5.92 Å². The van der Waals surface area contributed by atoms with Crippen LogP contribution in [0.2, 0.25) is 0 Å². The molecule has 1 saturated heterocycles. The zero-order chi connectivity index (χ0) is 12.5. The molecule has 1 N–H and O–H groups in total. The fourth-order valence-corrected chi connectivity index (χ4v) is 2.65. The molecule has 0 aromatic heterocycles. The molecule has 5 heteroatoms. The average molecular weight is 241 g/mol. The molecule has 2 aliphatic rings. The largest absolute Gasteiger partial charge is 0.481 e.